The van der Waals surface area contributed by atoms with Gasteiger partial charge in [0.05, 0.1) is 0 Å². The lowest BCUT2D eigenvalue weighted by Crippen LogP contribution is -2.52. The zero-order chi connectivity index (χ0) is 26.5. The highest BCUT2D eigenvalue weighted by atomic mass is 16.2. The van der Waals surface area contributed by atoms with Crippen LogP contribution in [0.5, 0.6) is 0 Å². The van der Waals surface area contributed by atoms with Crippen molar-refractivity contribution in [3.8, 4) is 0 Å². The number of urea groups is 1. The molecular weight excluding hydrogens is 474 g/mol. The number of para-hydroxylation sites is 1. The third-order valence-corrected chi connectivity index (χ3v) is 7.96. The van der Waals surface area contributed by atoms with Crippen LogP contribution in [0, 0.1) is 0 Å². The highest BCUT2D eigenvalue weighted by molar-refractivity contribution is 5.74. The quantitative estimate of drug-likeness (QED) is 0.530. The van der Waals surface area contributed by atoms with E-state index in [4.69, 9.17) is 9.97 Å². The minimum absolute atomic E-state index is 0.0343. The molecule has 38 heavy (non-hydrogen) atoms. The molecule has 5 rings (SSSR count). The number of benzene rings is 1. The van der Waals surface area contributed by atoms with Gasteiger partial charge in [0.15, 0.2) is 0 Å². The maximum atomic E-state index is 12.6. The molecule has 2 amide bonds. The number of piperazine rings is 2. The zero-order valence-electron chi connectivity index (χ0n) is 23.5. The van der Waals surface area contributed by atoms with Crippen molar-refractivity contribution in [3.05, 3.63) is 47.9 Å². The second-order valence-electron chi connectivity index (χ2n) is 12.1. The molecule has 1 saturated carbocycles. The summed E-state index contributed by atoms with van der Waals surface area (Å²) < 4.78 is 0. The molecule has 1 aromatic heterocycles. The van der Waals surface area contributed by atoms with Crippen LogP contribution in [0.25, 0.3) is 0 Å². The molecule has 3 fully saturated rings. The smallest absolute Gasteiger partial charge is 0.317 e. The van der Waals surface area contributed by atoms with E-state index in [1.54, 1.807) is 0 Å². The van der Waals surface area contributed by atoms with Crippen LogP contribution < -0.4 is 15.1 Å². The van der Waals surface area contributed by atoms with Crippen LogP contribution in [-0.2, 0) is 5.41 Å². The van der Waals surface area contributed by atoms with Crippen LogP contribution in [0.3, 0.4) is 0 Å². The topological polar surface area (TPSA) is 67.8 Å². The number of hydrogen-bond donors (Lipinski definition) is 1. The lowest BCUT2D eigenvalue weighted by molar-refractivity contribution is 0.193. The van der Waals surface area contributed by atoms with Gasteiger partial charge in [-0.1, -0.05) is 39.0 Å². The SMILES string of the molecule is CC(C)(C)c1nc(C2CC2)cc(N2CCN(CCCCNC(=O)N3CCN(c4ccccc4)CC3)CC2)n1. The Labute approximate surface area is 228 Å². The van der Waals surface area contributed by atoms with E-state index in [0.717, 1.165) is 89.9 Å². The molecule has 0 bridgehead atoms. The maximum absolute atomic E-state index is 12.6. The van der Waals surface area contributed by atoms with E-state index in [2.05, 4.69) is 71.1 Å². The van der Waals surface area contributed by atoms with Crippen molar-refractivity contribution in [3.63, 3.8) is 0 Å². The molecule has 0 radical (unpaired) electrons. The molecule has 8 nitrogen and oxygen atoms in total. The average Bonchev–Trinajstić information content (AvgIpc) is 3.79. The Kier molecular flexibility index (Phi) is 8.36. The van der Waals surface area contributed by atoms with Gasteiger partial charge in [-0.15, -0.1) is 0 Å². The Hall–Kier alpha value is -2.87. The van der Waals surface area contributed by atoms with Gasteiger partial charge in [-0.05, 0) is 44.4 Å². The Morgan fingerprint density at radius 1 is 0.895 bits per heavy atom. The standard InChI is InChI=1S/C30H45N7O/c1-30(2,3)28-32-26(24-11-12-24)23-27(33-28)36-17-15-34(16-18-36)14-8-7-13-31-29(38)37-21-19-35(20-22-37)25-9-5-4-6-10-25/h4-6,9-10,23-24H,7-8,11-22H2,1-3H3,(H,31,38). The fourth-order valence-corrected chi connectivity index (χ4v) is 5.31. The first kappa shape index (κ1) is 26.7. The first-order valence-corrected chi connectivity index (χ1v) is 14.6. The van der Waals surface area contributed by atoms with Gasteiger partial charge in [0.2, 0.25) is 0 Å². The molecule has 1 aliphatic carbocycles. The van der Waals surface area contributed by atoms with Gasteiger partial charge in [0, 0.05) is 87.7 Å². The normalized spacial score (nSPS) is 19.1. The van der Waals surface area contributed by atoms with Crippen molar-refractivity contribution in [1.82, 2.24) is 25.1 Å². The number of hydrogen-bond acceptors (Lipinski definition) is 6. The highest BCUT2D eigenvalue weighted by Gasteiger charge is 2.30. The number of nitrogens with one attached hydrogen (secondary N) is 1. The highest BCUT2D eigenvalue weighted by Crippen LogP contribution is 2.40. The summed E-state index contributed by atoms with van der Waals surface area (Å²) in [6.45, 7) is 15.9. The number of rotatable bonds is 8. The number of nitrogens with zero attached hydrogens (tertiary/aromatic N) is 6. The molecule has 1 N–H and O–H groups in total. The third kappa shape index (κ3) is 6.95. The number of unbranched alkanes of at least 4 members (excludes halogenated alkanes) is 1. The molecule has 206 valence electrons. The minimum atomic E-state index is -0.0343. The van der Waals surface area contributed by atoms with Crippen LogP contribution in [-0.4, -0.2) is 91.2 Å². The second kappa shape index (κ2) is 11.9. The van der Waals surface area contributed by atoms with Crippen LogP contribution in [0.4, 0.5) is 16.3 Å². The van der Waals surface area contributed by atoms with Crippen molar-refractivity contribution in [2.24, 2.45) is 0 Å². The van der Waals surface area contributed by atoms with Gasteiger partial charge < -0.3 is 20.0 Å². The van der Waals surface area contributed by atoms with Crippen LogP contribution in [0.15, 0.2) is 36.4 Å². The summed E-state index contributed by atoms with van der Waals surface area (Å²) in [7, 11) is 0. The Balaban J connectivity index is 0.985. The molecule has 3 aliphatic rings. The summed E-state index contributed by atoms with van der Waals surface area (Å²) in [5, 5.41) is 3.14. The van der Waals surface area contributed by atoms with Gasteiger partial charge in [-0.25, -0.2) is 14.8 Å². The van der Waals surface area contributed by atoms with Crippen LogP contribution >= 0.6 is 0 Å². The first-order chi connectivity index (χ1) is 18.4. The van der Waals surface area contributed by atoms with Gasteiger partial charge in [-0.2, -0.15) is 0 Å². The van der Waals surface area contributed by atoms with Crippen LogP contribution in [0.2, 0.25) is 0 Å². The number of carbonyl (C=O) groups excluding carboxylic acids is 1. The molecule has 0 atom stereocenters. The van der Waals surface area contributed by atoms with Crippen molar-refractivity contribution in [2.75, 3.05) is 75.2 Å². The number of anilines is 2. The Morgan fingerprint density at radius 3 is 2.24 bits per heavy atom. The van der Waals surface area contributed by atoms with Crippen molar-refractivity contribution >= 4 is 17.5 Å². The molecule has 1 aromatic carbocycles. The second-order valence-corrected chi connectivity index (χ2v) is 12.1. The molecular formula is C30H45N7O. The number of carbonyl (C=O) groups is 1. The predicted octanol–water partition coefficient (Wildman–Crippen LogP) is 4.09. The Bertz CT molecular complexity index is 1050. The van der Waals surface area contributed by atoms with Crippen molar-refractivity contribution in [2.45, 2.75) is 57.8 Å². The average molecular weight is 520 g/mol. The summed E-state index contributed by atoms with van der Waals surface area (Å²) in [5.41, 5.74) is 2.44. The zero-order valence-corrected chi connectivity index (χ0v) is 23.5. The monoisotopic (exact) mass is 519 g/mol. The van der Waals surface area contributed by atoms with Crippen molar-refractivity contribution in [1.29, 1.82) is 0 Å². The molecule has 3 heterocycles. The fourth-order valence-electron chi connectivity index (χ4n) is 5.31. The summed E-state index contributed by atoms with van der Waals surface area (Å²) in [4.78, 5) is 31.8. The lowest BCUT2D eigenvalue weighted by Gasteiger charge is -2.36. The van der Waals surface area contributed by atoms with E-state index >= 15 is 0 Å². The van der Waals surface area contributed by atoms with E-state index in [1.807, 2.05) is 11.0 Å². The summed E-state index contributed by atoms with van der Waals surface area (Å²) in [6.07, 6.45) is 4.65. The van der Waals surface area contributed by atoms with E-state index in [0.29, 0.717) is 5.92 Å². The van der Waals surface area contributed by atoms with Crippen LogP contribution in [0.1, 0.15) is 63.9 Å². The van der Waals surface area contributed by atoms with Gasteiger partial charge >= 0.3 is 6.03 Å². The molecule has 2 aromatic rings. The number of aromatic nitrogens is 2. The lowest BCUT2D eigenvalue weighted by atomic mass is 9.95. The Morgan fingerprint density at radius 2 is 1.58 bits per heavy atom. The minimum Gasteiger partial charge on any atom is -0.368 e. The van der Waals surface area contributed by atoms with Gasteiger partial charge in [0.1, 0.15) is 11.6 Å². The molecule has 8 heteroatoms. The summed E-state index contributed by atoms with van der Waals surface area (Å²) >= 11 is 0. The van der Waals surface area contributed by atoms with E-state index in [1.165, 1.54) is 24.2 Å². The first-order valence-electron chi connectivity index (χ1n) is 14.6. The van der Waals surface area contributed by atoms with Gasteiger partial charge in [0.25, 0.3) is 0 Å². The van der Waals surface area contributed by atoms with Gasteiger partial charge in [-0.3, -0.25) is 4.90 Å². The fraction of sp³-hybridized carbons (Fsp3) is 0.633. The van der Waals surface area contributed by atoms with E-state index < -0.39 is 0 Å². The largest absolute Gasteiger partial charge is 0.368 e. The molecule has 0 unspecified atom stereocenters. The van der Waals surface area contributed by atoms with E-state index in [9.17, 15) is 4.79 Å². The molecule has 0 spiro atoms. The maximum Gasteiger partial charge on any atom is 0.317 e. The molecule has 2 aliphatic heterocycles. The molecule has 2 saturated heterocycles. The third-order valence-electron chi connectivity index (χ3n) is 7.96. The summed E-state index contributed by atoms with van der Waals surface area (Å²) in [5.74, 6) is 2.72. The van der Waals surface area contributed by atoms with E-state index in [-0.39, 0.29) is 11.4 Å². The van der Waals surface area contributed by atoms with Crippen molar-refractivity contribution < 1.29 is 4.79 Å². The number of amides is 2. The summed E-state index contributed by atoms with van der Waals surface area (Å²) in [6, 6.07) is 12.8. The predicted molar refractivity (Wildman–Crippen MR) is 154 cm³/mol.